The Morgan fingerprint density at radius 1 is 1.17 bits per heavy atom. The summed E-state index contributed by atoms with van der Waals surface area (Å²) in [5.74, 6) is -0.221. The van der Waals surface area contributed by atoms with Gasteiger partial charge in [-0.1, -0.05) is 43.2 Å². The van der Waals surface area contributed by atoms with Gasteiger partial charge in [0, 0.05) is 37.4 Å². The van der Waals surface area contributed by atoms with Crippen molar-refractivity contribution in [1.29, 1.82) is 0 Å². The van der Waals surface area contributed by atoms with Crippen molar-refractivity contribution in [1.82, 2.24) is 4.90 Å². The van der Waals surface area contributed by atoms with Crippen molar-refractivity contribution in [3.8, 4) is 0 Å². The Hall–Kier alpha value is -1.68. The predicted octanol–water partition coefficient (Wildman–Crippen LogP) is 2.93. The van der Waals surface area contributed by atoms with Crippen LogP contribution in [0.25, 0.3) is 0 Å². The van der Waals surface area contributed by atoms with Crippen LogP contribution in [0.15, 0.2) is 30.3 Å². The maximum absolute atomic E-state index is 11.6. The molecule has 1 saturated heterocycles. The zero-order chi connectivity index (χ0) is 16.2. The molecule has 124 valence electrons. The number of hydrogen-bond acceptors (Lipinski definition) is 3. The second-order valence-electron chi connectivity index (χ2n) is 6.98. The summed E-state index contributed by atoms with van der Waals surface area (Å²) < 4.78 is 0. The summed E-state index contributed by atoms with van der Waals surface area (Å²) in [6, 6.07) is 10.5. The van der Waals surface area contributed by atoms with Gasteiger partial charge < -0.3 is 9.90 Å². The van der Waals surface area contributed by atoms with E-state index in [0.29, 0.717) is 6.04 Å². The Kier molecular flexibility index (Phi) is 5.11. The van der Waals surface area contributed by atoms with Gasteiger partial charge in [0.25, 0.3) is 0 Å². The maximum atomic E-state index is 11.6. The monoisotopic (exact) mass is 315 g/mol. The molecule has 1 aromatic carbocycles. The summed E-state index contributed by atoms with van der Waals surface area (Å²) in [6.45, 7) is 1.64. The van der Waals surface area contributed by atoms with E-state index in [1.165, 1.54) is 12.0 Å². The fourth-order valence-corrected chi connectivity index (χ4v) is 4.45. The number of rotatable bonds is 5. The highest BCUT2D eigenvalue weighted by atomic mass is 16.4. The highest BCUT2D eigenvalue weighted by Crippen LogP contribution is 2.38. The molecule has 4 atom stereocenters. The Labute approximate surface area is 137 Å². The average molecular weight is 315 g/mol. The lowest BCUT2D eigenvalue weighted by Crippen LogP contribution is -2.42. The molecule has 0 spiro atoms. The van der Waals surface area contributed by atoms with Crippen molar-refractivity contribution in [3.63, 3.8) is 0 Å². The van der Waals surface area contributed by atoms with Crippen molar-refractivity contribution >= 4 is 12.3 Å². The van der Waals surface area contributed by atoms with E-state index < -0.39 is 5.97 Å². The first-order valence-corrected chi connectivity index (χ1v) is 8.65. The van der Waals surface area contributed by atoms with Gasteiger partial charge in [-0.05, 0) is 24.3 Å². The minimum absolute atomic E-state index is 0.0183. The lowest BCUT2D eigenvalue weighted by atomic mass is 9.81. The van der Waals surface area contributed by atoms with Crippen LogP contribution in [0.1, 0.15) is 43.6 Å². The molecule has 1 saturated carbocycles. The van der Waals surface area contributed by atoms with Gasteiger partial charge in [-0.3, -0.25) is 9.69 Å². The lowest BCUT2D eigenvalue weighted by Gasteiger charge is -2.37. The highest BCUT2D eigenvalue weighted by Gasteiger charge is 2.40. The zero-order valence-electron chi connectivity index (χ0n) is 13.4. The number of carbonyl (C=O) groups is 2. The Bertz CT molecular complexity index is 545. The number of aldehydes is 1. The van der Waals surface area contributed by atoms with Crippen LogP contribution in [0.4, 0.5) is 0 Å². The molecule has 1 aliphatic carbocycles. The van der Waals surface area contributed by atoms with Gasteiger partial charge in [-0.25, -0.2) is 0 Å². The Balaban J connectivity index is 1.75. The molecule has 1 heterocycles. The second-order valence-corrected chi connectivity index (χ2v) is 6.98. The van der Waals surface area contributed by atoms with Crippen LogP contribution >= 0.6 is 0 Å². The molecule has 4 nitrogen and oxygen atoms in total. The van der Waals surface area contributed by atoms with Crippen LogP contribution in [-0.2, 0) is 9.59 Å². The number of nitrogens with zero attached hydrogens (tertiary/aromatic N) is 1. The number of hydrogen-bond donors (Lipinski definition) is 1. The molecule has 2 fully saturated rings. The van der Waals surface area contributed by atoms with Gasteiger partial charge in [0.15, 0.2) is 0 Å². The third-order valence-electron chi connectivity index (χ3n) is 5.57. The van der Waals surface area contributed by atoms with Gasteiger partial charge >= 0.3 is 5.97 Å². The number of likely N-dealkylation sites (tertiary alicyclic amines) is 1. The van der Waals surface area contributed by atoms with Crippen molar-refractivity contribution < 1.29 is 14.7 Å². The summed E-state index contributed by atoms with van der Waals surface area (Å²) in [5, 5.41) is 9.18. The summed E-state index contributed by atoms with van der Waals surface area (Å²) in [4.78, 5) is 25.1. The van der Waals surface area contributed by atoms with E-state index in [1.807, 2.05) is 18.2 Å². The normalized spacial score (nSPS) is 31.8. The van der Waals surface area contributed by atoms with Crippen LogP contribution < -0.4 is 0 Å². The van der Waals surface area contributed by atoms with Gasteiger partial charge in [0.1, 0.15) is 6.29 Å². The fourth-order valence-electron chi connectivity index (χ4n) is 4.45. The minimum Gasteiger partial charge on any atom is -0.481 e. The van der Waals surface area contributed by atoms with Crippen molar-refractivity contribution in [2.75, 3.05) is 13.1 Å². The molecule has 0 bridgehead atoms. The second kappa shape index (κ2) is 7.26. The van der Waals surface area contributed by atoms with E-state index >= 15 is 0 Å². The fraction of sp³-hybridized carbons (Fsp3) is 0.579. The molecule has 2 aliphatic rings. The quantitative estimate of drug-likeness (QED) is 0.849. The molecular formula is C19H25NO3. The standard InChI is InChI=1S/C19H25NO3/c21-13-16-11-20(12-17(16)14-6-2-1-3-7-14)18-9-5-4-8-15(18)10-19(22)23/h1-3,6-7,13,15-18H,4-5,8-12H2,(H,22,23)/t15?,16-,17-,18-/m1/s1. The van der Waals surface area contributed by atoms with E-state index in [-0.39, 0.29) is 24.2 Å². The van der Waals surface area contributed by atoms with E-state index in [9.17, 15) is 14.7 Å². The van der Waals surface area contributed by atoms with Gasteiger partial charge in [0.05, 0.1) is 0 Å². The Morgan fingerprint density at radius 3 is 2.61 bits per heavy atom. The maximum Gasteiger partial charge on any atom is 0.303 e. The zero-order valence-corrected chi connectivity index (χ0v) is 13.4. The van der Waals surface area contributed by atoms with Gasteiger partial charge in [-0.2, -0.15) is 0 Å². The number of aliphatic carboxylic acids is 1. The third-order valence-corrected chi connectivity index (χ3v) is 5.57. The first-order chi connectivity index (χ1) is 11.2. The van der Waals surface area contributed by atoms with Crippen molar-refractivity contribution in [3.05, 3.63) is 35.9 Å². The van der Waals surface area contributed by atoms with E-state index in [4.69, 9.17) is 0 Å². The van der Waals surface area contributed by atoms with Crippen molar-refractivity contribution in [2.24, 2.45) is 11.8 Å². The highest BCUT2D eigenvalue weighted by molar-refractivity contribution is 5.67. The van der Waals surface area contributed by atoms with Crippen LogP contribution in [0, 0.1) is 11.8 Å². The molecule has 1 unspecified atom stereocenters. The van der Waals surface area contributed by atoms with Gasteiger partial charge in [0.2, 0.25) is 0 Å². The lowest BCUT2D eigenvalue weighted by molar-refractivity contribution is -0.139. The molecule has 1 aromatic rings. The summed E-state index contributed by atoms with van der Waals surface area (Å²) >= 11 is 0. The van der Waals surface area contributed by atoms with Crippen LogP contribution in [-0.4, -0.2) is 41.4 Å². The Morgan fingerprint density at radius 2 is 1.91 bits per heavy atom. The van der Waals surface area contributed by atoms with Crippen molar-refractivity contribution in [2.45, 2.75) is 44.1 Å². The third kappa shape index (κ3) is 3.63. The largest absolute Gasteiger partial charge is 0.481 e. The molecule has 3 rings (SSSR count). The first-order valence-electron chi connectivity index (χ1n) is 8.65. The summed E-state index contributed by atoms with van der Waals surface area (Å²) in [7, 11) is 0. The number of carboxylic acid groups (broad SMARTS) is 1. The van der Waals surface area contributed by atoms with Crippen LogP contribution in [0.2, 0.25) is 0 Å². The van der Waals surface area contributed by atoms with E-state index in [1.54, 1.807) is 0 Å². The molecule has 1 N–H and O–H groups in total. The number of benzene rings is 1. The molecule has 1 aliphatic heterocycles. The molecule has 0 aromatic heterocycles. The average Bonchev–Trinajstić information content (AvgIpc) is 3.00. The van der Waals surface area contributed by atoms with Crippen LogP contribution in [0.3, 0.4) is 0 Å². The summed E-state index contributed by atoms with van der Waals surface area (Å²) in [5.41, 5.74) is 1.22. The molecular weight excluding hydrogens is 290 g/mol. The first kappa shape index (κ1) is 16.2. The van der Waals surface area contributed by atoms with E-state index in [2.05, 4.69) is 17.0 Å². The summed E-state index contributed by atoms with van der Waals surface area (Å²) in [6.07, 6.45) is 5.69. The van der Waals surface area contributed by atoms with E-state index in [0.717, 1.165) is 38.6 Å². The smallest absolute Gasteiger partial charge is 0.303 e. The van der Waals surface area contributed by atoms with Crippen LogP contribution in [0.5, 0.6) is 0 Å². The number of carboxylic acids is 1. The molecule has 4 heteroatoms. The number of carbonyl (C=O) groups excluding carboxylic acids is 1. The molecule has 23 heavy (non-hydrogen) atoms. The SMILES string of the molecule is O=C[C@H]1CN([C@@H]2CCCCC2CC(=O)O)C[C@@H]1c1ccccc1. The topological polar surface area (TPSA) is 57.6 Å². The molecule has 0 radical (unpaired) electrons. The molecule has 0 amide bonds. The predicted molar refractivity (Wildman–Crippen MR) is 88.3 cm³/mol. The van der Waals surface area contributed by atoms with Gasteiger partial charge in [-0.15, -0.1) is 0 Å². The minimum atomic E-state index is -0.701.